The van der Waals surface area contributed by atoms with Crippen LogP contribution in [0.15, 0.2) is 24.3 Å². The van der Waals surface area contributed by atoms with Gasteiger partial charge in [-0.05, 0) is 0 Å². The molecule has 0 spiro atoms. The fraction of sp³-hybridized carbons (Fsp3) is 0.200. The van der Waals surface area contributed by atoms with Gasteiger partial charge in [-0.1, -0.05) is 0 Å². The maximum atomic E-state index is 7.50. The predicted molar refractivity (Wildman–Crippen MR) is 68.4 cm³/mol. The zero-order valence-corrected chi connectivity index (χ0v) is 13.6. The van der Waals surface area contributed by atoms with Crippen molar-refractivity contribution in [3.63, 3.8) is 0 Å². The summed E-state index contributed by atoms with van der Waals surface area (Å²) in [7, 11) is 1.65. The van der Waals surface area contributed by atoms with E-state index < -0.39 is 0 Å². The molecule has 7 nitrogen and oxygen atoms in total. The first kappa shape index (κ1) is 32.9. The number of methoxy groups -OCH3 is 1. The Kier molecular flexibility index (Phi) is 52.7. The van der Waals surface area contributed by atoms with Crippen LogP contribution in [0.4, 0.5) is 0 Å². The van der Waals surface area contributed by atoms with Gasteiger partial charge in [0.1, 0.15) is 0 Å². The molecule has 0 fully saturated rings. The van der Waals surface area contributed by atoms with E-state index in [4.69, 9.17) is 32.7 Å². The monoisotopic (exact) mass is 356 g/mol. The molecule has 23 heavy (non-hydrogen) atoms. The van der Waals surface area contributed by atoms with Gasteiger partial charge >= 0.3 is 143 Å². The van der Waals surface area contributed by atoms with E-state index in [1.165, 1.54) is 0 Å². The van der Waals surface area contributed by atoms with Gasteiger partial charge in [0.05, 0.1) is 0 Å². The maximum absolute atomic E-state index is 7.50. The second kappa shape index (κ2) is 36.9. The molecule has 0 aliphatic heterocycles. The van der Waals surface area contributed by atoms with Crippen molar-refractivity contribution in [1.29, 1.82) is 0 Å². The van der Waals surface area contributed by atoms with Crippen molar-refractivity contribution in [3.05, 3.63) is 63.1 Å². The van der Waals surface area contributed by atoms with Gasteiger partial charge in [-0.2, -0.15) is 0 Å². The molecule has 0 aliphatic carbocycles. The van der Waals surface area contributed by atoms with Crippen molar-refractivity contribution in [2.45, 2.75) is 6.92 Å². The van der Waals surface area contributed by atoms with E-state index in [1.807, 2.05) is 31.2 Å². The van der Waals surface area contributed by atoms with Gasteiger partial charge in [0.15, 0.2) is 0 Å². The summed E-state index contributed by atoms with van der Waals surface area (Å²) in [5, 5.41) is 0. The van der Waals surface area contributed by atoms with Crippen molar-refractivity contribution in [1.82, 2.24) is 0 Å². The fourth-order valence-corrected chi connectivity index (χ4v) is 1.34. The normalized spacial score (nSPS) is 5.91. The van der Waals surface area contributed by atoms with Crippen molar-refractivity contribution < 1.29 is 48.6 Å². The van der Waals surface area contributed by atoms with Crippen LogP contribution in [0.1, 0.15) is 12.5 Å². The van der Waals surface area contributed by atoms with Gasteiger partial charge in [-0.3, -0.25) is 0 Å². The molecule has 0 atom stereocenters. The molecule has 8 heteroatoms. The van der Waals surface area contributed by atoms with E-state index in [2.05, 4.69) is 49.1 Å². The molecule has 0 aromatic heterocycles. The summed E-state index contributed by atoms with van der Waals surface area (Å²) in [6.07, 6.45) is 0. The van der Waals surface area contributed by atoms with Crippen LogP contribution in [0.5, 0.6) is 5.75 Å². The fourth-order valence-electron chi connectivity index (χ4n) is 0.942. The molecular formula is C15H12CrO7. The van der Waals surface area contributed by atoms with E-state index >= 15 is 0 Å². The number of benzene rings is 1. The third-order valence-corrected chi connectivity index (χ3v) is 2.15. The van der Waals surface area contributed by atoms with Crippen LogP contribution in [0, 0.1) is 33.3 Å². The van der Waals surface area contributed by atoms with E-state index in [1.54, 1.807) is 7.11 Å². The topological polar surface area (TPSA) is 118 Å². The Bertz CT molecular complexity index is 435. The van der Waals surface area contributed by atoms with Gasteiger partial charge < -0.3 is 0 Å². The Morgan fingerprint density at radius 1 is 0.870 bits per heavy atom. The molecular weight excluding hydrogens is 344 g/mol. The molecule has 0 saturated carbocycles. The second-order valence-corrected chi connectivity index (χ2v) is 3.03. The summed E-state index contributed by atoms with van der Waals surface area (Å²) < 4.78 is 48.7. The van der Waals surface area contributed by atoms with Gasteiger partial charge in [-0.15, -0.1) is 0 Å². The molecule has 0 unspecified atom stereocenters. The van der Waals surface area contributed by atoms with E-state index in [0.717, 1.165) is 15.9 Å². The summed E-state index contributed by atoms with van der Waals surface area (Å²) >= 11 is 2.89. The molecule has 0 heterocycles. The Labute approximate surface area is 143 Å². The number of rotatable bonds is 4. The molecule has 0 bridgehead atoms. The Morgan fingerprint density at radius 2 is 1.22 bits per heavy atom. The second-order valence-electron chi connectivity index (χ2n) is 2.45. The SMILES string of the molecule is CCO[C](=[Cr])c1ccc(OC)cc1.[C-]#[O+].[C-]#[O+].[C-]#[O+].[C-]#[O+].[C-]#[O+]. The van der Waals surface area contributed by atoms with Crippen molar-refractivity contribution >= 4 is 4.57 Å². The Balaban J connectivity index is -0.0000000923. The van der Waals surface area contributed by atoms with Gasteiger partial charge in [-0.25, -0.2) is 0 Å². The van der Waals surface area contributed by atoms with Crippen LogP contribution >= 0.6 is 0 Å². The summed E-state index contributed by atoms with van der Waals surface area (Å²) in [5.41, 5.74) is 1.04. The van der Waals surface area contributed by atoms with Crippen LogP contribution in [0.3, 0.4) is 0 Å². The third kappa shape index (κ3) is 22.5. The van der Waals surface area contributed by atoms with Crippen LogP contribution < -0.4 is 4.74 Å². The number of hydrogen-bond acceptors (Lipinski definition) is 2. The van der Waals surface area contributed by atoms with Crippen LogP contribution in [0.2, 0.25) is 0 Å². The summed E-state index contributed by atoms with van der Waals surface area (Å²) in [4.78, 5) is 0. The van der Waals surface area contributed by atoms with E-state index in [9.17, 15) is 0 Å². The molecule has 0 N–H and O–H groups in total. The minimum absolute atomic E-state index is 0.675. The molecule has 0 amide bonds. The van der Waals surface area contributed by atoms with Gasteiger partial charge in [0.2, 0.25) is 0 Å². The zero-order chi connectivity index (χ0) is 19.7. The van der Waals surface area contributed by atoms with Crippen molar-refractivity contribution in [2.24, 2.45) is 0 Å². The van der Waals surface area contributed by atoms with Crippen LogP contribution in [-0.4, -0.2) is 18.3 Å². The first-order valence-electron chi connectivity index (χ1n) is 5.11. The van der Waals surface area contributed by atoms with Crippen molar-refractivity contribution in [3.8, 4) is 5.75 Å². The average Bonchev–Trinajstić information content (AvgIpc) is 2.70. The summed E-state index contributed by atoms with van der Waals surface area (Å²) in [5.74, 6) is 0.855. The number of hydrogen-bond donors (Lipinski definition) is 0. The molecule has 0 aliphatic rings. The molecule has 0 radical (unpaired) electrons. The summed E-state index contributed by atoms with van der Waals surface area (Å²) in [6, 6.07) is 7.73. The molecule has 1 aromatic carbocycles. The van der Waals surface area contributed by atoms with Crippen LogP contribution in [0.25, 0.3) is 0 Å². The van der Waals surface area contributed by atoms with E-state index in [0.29, 0.717) is 6.61 Å². The average molecular weight is 356 g/mol. The van der Waals surface area contributed by atoms with Gasteiger partial charge in [0, 0.05) is 0 Å². The summed E-state index contributed by atoms with van der Waals surface area (Å²) in [6.45, 7) is 25.1. The van der Waals surface area contributed by atoms with E-state index in [-0.39, 0.29) is 0 Å². The molecule has 1 rings (SSSR count). The third-order valence-electron chi connectivity index (χ3n) is 1.60. The van der Waals surface area contributed by atoms with Crippen LogP contribution in [-0.2, 0) is 43.8 Å². The number of ether oxygens (including phenoxy) is 2. The zero-order valence-electron chi connectivity index (χ0n) is 12.3. The first-order chi connectivity index (χ1) is 11.3. The minimum atomic E-state index is 0.675. The Hall–Kier alpha value is -1.92. The predicted octanol–water partition coefficient (Wildman–Crippen LogP) is 1.57. The standard InChI is InChI=1S/C10H12O2.5CO.Cr/c1-3-12-8-9-4-6-10(11-2)7-5-9;5*1-2;/h4-7H,3H2,1-2H3;;;;;;. The molecule has 1 aromatic rings. The molecule has 120 valence electrons. The quantitative estimate of drug-likeness (QED) is 0.601. The van der Waals surface area contributed by atoms with Crippen molar-refractivity contribution in [2.75, 3.05) is 13.7 Å². The molecule has 0 saturated heterocycles. The Morgan fingerprint density at radius 3 is 1.48 bits per heavy atom. The first-order valence-corrected chi connectivity index (χ1v) is 5.75. The van der Waals surface area contributed by atoms with Gasteiger partial charge in [0.25, 0.3) is 0 Å².